The van der Waals surface area contributed by atoms with Gasteiger partial charge in [0.1, 0.15) is 17.0 Å². The minimum absolute atomic E-state index is 0.225. The first-order valence-corrected chi connectivity index (χ1v) is 4.80. The standard InChI is InChI=1S/C11H6FN3O2/c12-5-1-2-7-6(3-5)8-9(14-4-13-8)10(15-7)11(16)17/h1-4H,(H,13,14)(H,16,17)/p-1. The third-order valence-electron chi connectivity index (χ3n) is 2.52. The average molecular weight is 230 g/mol. The van der Waals surface area contributed by atoms with Crippen molar-refractivity contribution in [3.05, 3.63) is 36.0 Å². The van der Waals surface area contributed by atoms with Crippen molar-refractivity contribution < 1.29 is 14.3 Å². The lowest BCUT2D eigenvalue weighted by molar-refractivity contribution is -0.255. The molecule has 0 fully saturated rings. The largest absolute Gasteiger partial charge is 0.543 e. The molecule has 2 heterocycles. The van der Waals surface area contributed by atoms with Gasteiger partial charge >= 0.3 is 0 Å². The van der Waals surface area contributed by atoms with Crippen molar-refractivity contribution in [1.82, 2.24) is 15.0 Å². The molecule has 5 nitrogen and oxygen atoms in total. The summed E-state index contributed by atoms with van der Waals surface area (Å²) in [5.41, 5.74) is 0.749. The minimum atomic E-state index is -1.40. The number of imidazole rings is 1. The number of pyridine rings is 1. The maximum Gasteiger partial charge on any atom is 0.124 e. The number of hydrogen-bond acceptors (Lipinski definition) is 4. The Balaban J connectivity index is 2.55. The fourth-order valence-electron chi connectivity index (χ4n) is 1.80. The molecule has 0 bridgehead atoms. The van der Waals surface area contributed by atoms with E-state index in [1.165, 1.54) is 24.5 Å². The molecule has 17 heavy (non-hydrogen) atoms. The van der Waals surface area contributed by atoms with Crippen LogP contribution in [0.1, 0.15) is 10.5 Å². The van der Waals surface area contributed by atoms with Crippen LogP contribution in [0.25, 0.3) is 21.9 Å². The smallest absolute Gasteiger partial charge is 0.124 e. The molecule has 0 aliphatic carbocycles. The highest BCUT2D eigenvalue weighted by Gasteiger charge is 2.11. The van der Waals surface area contributed by atoms with Crippen molar-refractivity contribution in [3.63, 3.8) is 0 Å². The van der Waals surface area contributed by atoms with Crippen LogP contribution >= 0.6 is 0 Å². The van der Waals surface area contributed by atoms with Crippen LogP contribution in [0.3, 0.4) is 0 Å². The van der Waals surface area contributed by atoms with Gasteiger partial charge in [-0.3, -0.25) is 0 Å². The van der Waals surface area contributed by atoms with Crippen LogP contribution in [0.2, 0.25) is 0 Å². The van der Waals surface area contributed by atoms with Gasteiger partial charge in [-0.05, 0) is 18.2 Å². The Morgan fingerprint density at radius 2 is 2.24 bits per heavy atom. The van der Waals surface area contributed by atoms with Gasteiger partial charge in [-0.2, -0.15) is 0 Å². The second kappa shape index (κ2) is 3.24. The van der Waals surface area contributed by atoms with Crippen LogP contribution in [-0.2, 0) is 0 Å². The van der Waals surface area contributed by atoms with Crippen molar-refractivity contribution >= 4 is 27.9 Å². The number of nitrogens with zero attached hydrogens (tertiary/aromatic N) is 2. The monoisotopic (exact) mass is 230 g/mol. The molecule has 1 aromatic carbocycles. The molecule has 84 valence electrons. The number of nitrogens with one attached hydrogen (secondary N) is 1. The Labute approximate surface area is 93.9 Å². The third kappa shape index (κ3) is 1.34. The van der Waals surface area contributed by atoms with E-state index in [1.807, 2.05) is 0 Å². The fraction of sp³-hybridized carbons (Fsp3) is 0. The normalized spacial score (nSPS) is 11.1. The number of aromatic nitrogens is 3. The van der Waals surface area contributed by atoms with Crippen LogP contribution in [-0.4, -0.2) is 20.9 Å². The number of rotatable bonds is 1. The summed E-state index contributed by atoms with van der Waals surface area (Å²) in [5.74, 6) is -1.82. The van der Waals surface area contributed by atoms with Crippen LogP contribution in [0.4, 0.5) is 4.39 Å². The Bertz CT molecular complexity index is 751. The highest BCUT2D eigenvalue weighted by molar-refractivity contribution is 6.09. The van der Waals surface area contributed by atoms with Gasteiger partial charge < -0.3 is 14.9 Å². The van der Waals surface area contributed by atoms with E-state index in [0.717, 1.165) is 0 Å². The number of halogens is 1. The summed E-state index contributed by atoms with van der Waals surface area (Å²) in [6.45, 7) is 0. The zero-order valence-corrected chi connectivity index (χ0v) is 8.40. The van der Waals surface area contributed by atoms with E-state index in [2.05, 4.69) is 15.0 Å². The van der Waals surface area contributed by atoms with E-state index in [1.54, 1.807) is 0 Å². The summed E-state index contributed by atoms with van der Waals surface area (Å²) in [6.07, 6.45) is 1.34. The van der Waals surface area contributed by atoms with E-state index in [-0.39, 0.29) is 11.2 Å². The first-order valence-electron chi connectivity index (χ1n) is 4.80. The molecule has 0 atom stereocenters. The molecule has 0 aliphatic rings. The topological polar surface area (TPSA) is 81.7 Å². The van der Waals surface area contributed by atoms with Gasteiger partial charge in [0, 0.05) is 5.39 Å². The maximum absolute atomic E-state index is 13.1. The van der Waals surface area contributed by atoms with Gasteiger partial charge in [0.05, 0.1) is 23.3 Å². The van der Waals surface area contributed by atoms with Crippen molar-refractivity contribution in [2.75, 3.05) is 0 Å². The lowest BCUT2D eigenvalue weighted by atomic mass is 10.1. The molecule has 0 amide bonds. The highest BCUT2D eigenvalue weighted by atomic mass is 19.1. The SMILES string of the molecule is O=C([O-])c1nc2ccc(F)cc2c2nc[nH]c12. The van der Waals surface area contributed by atoms with Gasteiger partial charge in [0.2, 0.25) is 0 Å². The number of benzene rings is 1. The van der Waals surface area contributed by atoms with Gasteiger partial charge in [0.25, 0.3) is 0 Å². The highest BCUT2D eigenvalue weighted by Crippen LogP contribution is 2.23. The van der Waals surface area contributed by atoms with Crippen molar-refractivity contribution in [2.24, 2.45) is 0 Å². The predicted molar refractivity (Wildman–Crippen MR) is 55.7 cm³/mol. The molecular formula is C11H5FN3O2-. The van der Waals surface area contributed by atoms with E-state index in [9.17, 15) is 14.3 Å². The minimum Gasteiger partial charge on any atom is -0.543 e. The molecule has 0 saturated heterocycles. The second-order valence-corrected chi connectivity index (χ2v) is 3.54. The van der Waals surface area contributed by atoms with Gasteiger partial charge in [0.15, 0.2) is 0 Å². The first kappa shape index (κ1) is 9.71. The zero-order chi connectivity index (χ0) is 12.0. The number of carboxylic acids is 1. The molecular weight excluding hydrogens is 225 g/mol. The number of carboxylic acid groups (broad SMARTS) is 1. The summed E-state index contributed by atoms with van der Waals surface area (Å²) in [4.78, 5) is 21.5. The summed E-state index contributed by atoms with van der Waals surface area (Å²) >= 11 is 0. The maximum atomic E-state index is 13.1. The number of aromatic amines is 1. The molecule has 3 aromatic rings. The Morgan fingerprint density at radius 3 is 3.00 bits per heavy atom. The number of H-pyrrole nitrogens is 1. The lowest BCUT2D eigenvalue weighted by Crippen LogP contribution is -2.24. The zero-order valence-electron chi connectivity index (χ0n) is 8.40. The van der Waals surface area contributed by atoms with Crippen LogP contribution in [0.5, 0.6) is 0 Å². The third-order valence-corrected chi connectivity index (χ3v) is 2.52. The lowest BCUT2D eigenvalue weighted by Gasteiger charge is -2.05. The van der Waals surface area contributed by atoms with E-state index in [4.69, 9.17) is 0 Å². The number of hydrogen-bond donors (Lipinski definition) is 1. The number of fused-ring (bicyclic) bond motifs is 3. The molecule has 1 N–H and O–H groups in total. The molecule has 0 spiro atoms. The summed E-state index contributed by atoms with van der Waals surface area (Å²) < 4.78 is 13.1. The number of carbonyl (C=O) groups excluding carboxylic acids is 1. The van der Waals surface area contributed by atoms with Crippen molar-refractivity contribution in [2.45, 2.75) is 0 Å². The van der Waals surface area contributed by atoms with E-state index in [0.29, 0.717) is 16.4 Å². The van der Waals surface area contributed by atoms with Crippen molar-refractivity contribution in [1.29, 1.82) is 0 Å². The second-order valence-electron chi connectivity index (χ2n) is 3.54. The van der Waals surface area contributed by atoms with Crippen molar-refractivity contribution in [3.8, 4) is 0 Å². The van der Waals surface area contributed by atoms with Crippen LogP contribution in [0.15, 0.2) is 24.5 Å². The summed E-state index contributed by atoms with van der Waals surface area (Å²) in [5, 5.41) is 11.4. The quantitative estimate of drug-likeness (QED) is 0.664. The molecule has 0 radical (unpaired) electrons. The van der Waals surface area contributed by atoms with Gasteiger partial charge in [-0.1, -0.05) is 0 Å². The Hall–Kier alpha value is -2.50. The number of aromatic carboxylic acids is 1. The van der Waals surface area contributed by atoms with Gasteiger partial charge in [-0.15, -0.1) is 0 Å². The number of carbonyl (C=O) groups is 1. The fourth-order valence-corrected chi connectivity index (χ4v) is 1.80. The molecule has 6 heteroatoms. The van der Waals surface area contributed by atoms with Gasteiger partial charge in [-0.25, -0.2) is 14.4 Å². The van der Waals surface area contributed by atoms with E-state index < -0.39 is 11.8 Å². The first-order chi connectivity index (χ1) is 8.16. The average Bonchev–Trinajstić information content (AvgIpc) is 2.76. The van der Waals surface area contributed by atoms with Crippen LogP contribution < -0.4 is 5.11 Å². The molecule has 3 rings (SSSR count). The summed E-state index contributed by atoms with van der Waals surface area (Å²) in [6, 6.07) is 3.89. The molecule has 0 saturated carbocycles. The predicted octanol–water partition coefficient (Wildman–Crippen LogP) is 0.614. The molecule has 2 aromatic heterocycles. The Kier molecular flexibility index (Phi) is 1.85. The van der Waals surface area contributed by atoms with E-state index >= 15 is 0 Å². The molecule has 0 aliphatic heterocycles. The van der Waals surface area contributed by atoms with Crippen LogP contribution in [0, 0.1) is 5.82 Å². The molecule has 0 unspecified atom stereocenters. The summed E-state index contributed by atoms with van der Waals surface area (Å²) in [7, 11) is 0. The Morgan fingerprint density at radius 1 is 1.41 bits per heavy atom.